The van der Waals surface area contributed by atoms with Gasteiger partial charge in [0.1, 0.15) is 6.04 Å². The molecule has 0 aliphatic carbocycles. The van der Waals surface area contributed by atoms with Crippen molar-refractivity contribution in [1.82, 2.24) is 5.06 Å². The molecule has 4 rings (SSSR count). The third-order valence-electron chi connectivity index (χ3n) is 6.04. The Morgan fingerprint density at radius 3 is 2.23 bits per heavy atom. The Morgan fingerprint density at radius 2 is 1.67 bits per heavy atom. The molecule has 0 saturated carbocycles. The molecule has 11 heteroatoms. The van der Waals surface area contributed by atoms with Crippen LogP contribution in [-0.2, 0) is 15.8 Å². The van der Waals surface area contributed by atoms with E-state index in [1.807, 2.05) is 6.07 Å². The van der Waals surface area contributed by atoms with E-state index in [1.54, 1.807) is 0 Å². The summed E-state index contributed by atoms with van der Waals surface area (Å²) in [5, 5.41) is 9.86. The number of halogens is 3. The van der Waals surface area contributed by atoms with Crippen molar-refractivity contribution in [1.29, 1.82) is 5.26 Å². The van der Waals surface area contributed by atoms with E-state index in [9.17, 15) is 32.8 Å². The van der Waals surface area contributed by atoms with Gasteiger partial charge >= 0.3 is 18.2 Å². The van der Waals surface area contributed by atoms with Gasteiger partial charge in [0.2, 0.25) is 0 Å². The lowest BCUT2D eigenvalue weighted by molar-refractivity contribution is -0.180. The minimum Gasteiger partial charge on any atom is -0.399 e. The van der Waals surface area contributed by atoms with Gasteiger partial charge in [-0.05, 0) is 67.1 Å². The summed E-state index contributed by atoms with van der Waals surface area (Å²) in [4.78, 5) is 46.0. The second kappa shape index (κ2) is 10.3. The first kappa shape index (κ1) is 26.9. The molecule has 0 fully saturated rings. The first-order chi connectivity index (χ1) is 18.4. The number of anilines is 2. The lowest BCUT2D eigenvalue weighted by Gasteiger charge is -2.41. The van der Waals surface area contributed by atoms with Gasteiger partial charge in [0.15, 0.2) is 5.78 Å². The van der Waals surface area contributed by atoms with Crippen LogP contribution in [0.2, 0.25) is 0 Å². The molecular formula is C28H21F3N4O4. The predicted molar refractivity (Wildman–Crippen MR) is 135 cm³/mol. The Balaban J connectivity index is 2.00. The van der Waals surface area contributed by atoms with E-state index in [0.29, 0.717) is 21.9 Å². The molecule has 2 amide bonds. The molecule has 1 aliphatic heterocycles. The van der Waals surface area contributed by atoms with Crippen molar-refractivity contribution in [3.63, 3.8) is 0 Å². The van der Waals surface area contributed by atoms with Crippen LogP contribution in [0.4, 0.5) is 29.3 Å². The Kier molecular flexibility index (Phi) is 7.14. The number of Topliss-reactive ketones (excluding diaryl/α,β-unsaturated/α-hetero) is 1. The van der Waals surface area contributed by atoms with E-state index in [2.05, 4.69) is 0 Å². The lowest BCUT2D eigenvalue weighted by atomic mass is 9.88. The highest BCUT2D eigenvalue weighted by atomic mass is 19.4. The Hall–Kier alpha value is -5.11. The van der Waals surface area contributed by atoms with E-state index >= 15 is 0 Å². The van der Waals surface area contributed by atoms with Crippen LogP contribution in [0.1, 0.15) is 46.9 Å². The molecule has 0 aromatic heterocycles. The topological polar surface area (TPSA) is 117 Å². The molecule has 3 aromatic carbocycles. The molecule has 8 nitrogen and oxygen atoms in total. The maximum atomic E-state index is 13.9. The number of carbonyl (C=O) groups is 3. The van der Waals surface area contributed by atoms with Gasteiger partial charge in [-0.1, -0.05) is 18.2 Å². The van der Waals surface area contributed by atoms with Gasteiger partial charge in [-0.25, -0.2) is 4.79 Å². The van der Waals surface area contributed by atoms with Crippen molar-refractivity contribution < 1.29 is 32.4 Å². The number of nitriles is 1. The maximum Gasteiger partial charge on any atom is 0.416 e. The van der Waals surface area contributed by atoms with Crippen LogP contribution in [-0.4, -0.2) is 22.8 Å². The van der Waals surface area contributed by atoms with Crippen LogP contribution in [0.3, 0.4) is 0 Å². The molecule has 39 heavy (non-hydrogen) atoms. The summed E-state index contributed by atoms with van der Waals surface area (Å²) in [6, 6.07) is 15.6. The number of urea groups is 1. The second-order valence-electron chi connectivity index (χ2n) is 8.66. The summed E-state index contributed by atoms with van der Waals surface area (Å²) >= 11 is 0. The smallest absolute Gasteiger partial charge is 0.399 e. The molecule has 2 N–H and O–H groups in total. The van der Waals surface area contributed by atoms with Crippen molar-refractivity contribution in [2.24, 2.45) is 0 Å². The van der Waals surface area contributed by atoms with E-state index in [-0.39, 0.29) is 22.5 Å². The maximum absolute atomic E-state index is 13.9. The average Bonchev–Trinajstić information content (AvgIpc) is 2.90. The molecule has 1 heterocycles. The molecule has 0 radical (unpaired) electrons. The van der Waals surface area contributed by atoms with Gasteiger partial charge in [-0.2, -0.15) is 18.4 Å². The van der Waals surface area contributed by atoms with Gasteiger partial charge in [0, 0.05) is 23.9 Å². The number of nitrogen functional groups attached to an aromatic ring is 1. The number of alkyl halides is 3. The number of ketones is 1. The standard InChI is InChI=1S/C28H21F3N4O4/c1-16-24(26(37)20-10-12-22(33)13-11-20)25(19-8-6-18(15-32)7-9-19)35(39-17(2)36)27(38)34(16)23-5-3-4-21(14-23)28(29,30)31/h3-14,25H,33H2,1-2H3. The zero-order valence-electron chi connectivity index (χ0n) is 20.7. The average molecular weight is 534 g/mol. The Labute approximate surface area is 221 Å². The quantitative estimate of drug-likeness (QED) is 0.328. The SMILES string of the molecule is CC(=O)ON1C(=O)N(c2cccc(C(F)(F)F)c2)C(C)=C(C(=O)c2ccc(N)cc2)C1c1ccc(C#N)cc1. The van der Waals surface area contributed by atoms with Crippen LogP contribution in [0, 0.1) is 11.3 Å². The van der Waals surface area contributed by atoms with Crippen LogP contribution in [0.25, 0.3) is 0 Å². The number of rotatable bonds is 5. The van der Waals surface area contributed by atoms with Gasteiger partial charge in [-0.15, -0.1) is 5.06 Å². The number of hydrogen-bond donors (Lipinski definition) is 1. The predicted octanol–water partition coefficient (Wildman–Crippen LogP) is 5.78. The van der Waals surface area contributed by atoms with Crippen LogP contribution < -0.4 is 10.6 Å². The summed E-state index contributed by atoms with van der Waals surface area (Å²) in [6.07, 6.45) is -4.70. The number of hydroxylamine groups is 2. The summed E-state index contributed by atoms with van der Waals surface area (Å²) in [5.74, 6) is -1.48. The summed E-state index contributed by atoms with van der Waals surface area (Å²) in [7, 11) is 0. The molecule has 0 bridgehead atoms. The fourth-order valence-electron chi connectivity index (χ4n) is 4.26. The molecule has 198 valence electrons. The van der Waals surface area contributed by atoms with Crippen molar-refractivity contribution in [3.8, 4) is 6.07 Å². The van der Waals surface area contributed by atoms with Crippen molar-refractivity contribution >= 4 is 29.2 Å². The lowest BCUT2D eigenvalue weighted by Crippen LogP contribution is -2.51. The summed E-state index contributed by atoms with van der Waals surface area (Å²) in [6.45, 7) is 2.47. The number of amides is 2. The van der Waals surface area contributed by atoms with Gasteiger partial charge in [0.05, 0.1) is 28.5 Å². The van der Waals surface area contributed by atoms with E-state index in [0.717, 1.165) is 30.0 Å². The highest BCUT2D eigenvalue weighted by molar-refractivity contribution is 6.13. The molecule has 1 atom stereocenters. The zero-order valence-corrected chi connectivity index (χ0v) is 20.7. The number of hydrogen-bond acceptors (Lipinski definition) is 6. The molecule has 3 aromatic rings. The van der Waals surface area contributed by atoms with Crippen LogP contribution in [0.15, 0.2) is 84.1 Å². The molecule has 0 saturated heterocycles. The monoisotopic (exact) mass is 534 g/mol. The van der Waals surface area contributed by atoms with E-state index in [4.69, 9.17) is 10.6 Å². The molecular weight excluding hydrogens is 513 g/mol. The number of carbonyl (C=O) groups excluding carboxylic acids is 3. The minimum absolute atomic E-state index is 0.0268. The first-order valence-corrected chi connectivity index (χ1v) is 11.5. The van der Waals surface area contributed by atoms with Crippen molar-refractivity contribution in [2.45, 2.75) is 26.1 Å². The van der Waals surface area contributed by atoms with Crippen LogP contribution in [0.5, 0.6) is 0 Å². The zero-order chi connectivity index (χ0) is 28.5. The molecule has 0 spiro atoms. The Morgan fingerprint density at radius 1 is 1.03 bits per heavy atom. The van der Waals surface area contributed by atoms with Crippen LogP contribution >= 0.6 is 0 Å². The van der Waals surface area contributed by atoms with E-state index in [1.165, 1.54) is 61.5 Å². The number of nitrogens with two attached hydrogens (primary N) is 1. The number of allylic oxidation sites excluding steroid dienone is 1. The van der Waals surface area contributed by atoms with E-state index < -0.39 is 35.6 Å². The number of nitrogens with zero attached hydrogens (tertiary/aromatic N) is 3. The fraction of sp³-hybridized carbons (Fsp3) is 0.143. The number of benzene rings is 3. The minimum atomic E-state index is -4.70. The Bertz CT molecular complexity index is 1520. The van der Waals surface area contributed by atoms with Crippen molar-refractivity contribution in [2.75, 3.05) is 10.6 Å². The summed E-state index contributed by atoms with van der Waals surface area (Å²) < 4.78 is 40.5. The van der Waals surface area contributed by atoms with Gasteiger partial charge in [-0.3, -0.25) is 14.5 Å². The largest absolute Gasteiger partial charge is 0.416 e. The third-order valence-corrected chi connectivity index (χ3v) is 6.04. The highest BCUT2D eigenvalue weighted by Crippen LogP contribution is 2.42. The third kappa shape index (κ3) is 5.31. The van der Waals surface area contributed by atoms with Gasteiger partial charge in [0.25, 0.3) is 0 Å². The molecule has 1 unspecified atom stereocenters. The second-order valence-corrected chi connectivity index (χ2v) is 8.66. The van der Waals surface area contributed by atoms with Crippen molar-refractivity contribution in [3.05, 3.63) is 106 Å². The normalized spacial score (nSPS) is 15.7. The fourth-order valence-corrected chi connectivity index (χ4v) is 4.26. The molecule has 1 aliphatic rings. The first-order valence-electron chi connectivity index (χ1n) is 11.5. The highest BCUT2D eigenvalue weighted by Gasteiger charge is 2.45. The van der Waals surface area contributed by atoms with Gasteiger partial charge < -0.3 is 10.6 Å². The summed E-state index contributed by atoms with van der Waals surface area (Å²) in [5.41, 5.74) is 5.75.